The molecule has 4 heteroatoms. The van der Waals surface area contributed by atoms with Crippen LogP contribution >= 0.6 is 0 Å². The van der Waals surface area contributed by atoms with E-state index in [2.05, 4.69) is 19.2 Å². The van der Waals surface area contributed by atoms with E-state index in [1.807, 2.05) is 6.92 Å². The number of carbonyl (C=O) groups excluding carboxylic acids is 1. The first-order chi connectivity index (χ1) is 9.07. The summed E-state index contributed by atoms with van der Waals surface area (Å²) in [5.41, 5.74) is 0. The molecule has 0 fully saturated rings. The van der Waals surface area contributed by atoms with Crippen LogP contribution in [0.5, 0.6) is 0 Å². The maximum absolute atomic E-state index is 11.6. The normalized spacial score (nSPS) is 12.7. The molecule has 1 atom stereocenters. The summed E-state index contributed by atoms with van der Waals surface area (Å²) in [4.78, 5) is 11.6. The summed E-state index contributed by atoms with van der Waals surface area (Å²) in [6, 6.07) is 0. The average molecular weight is 273 g/mol. The van der Waals surface area contributed by atoms with Gasteiger partial charge in [-0.25, -0.2) is 0 Å². The van der Waals surface area contributed by atoms with E-state index in [1.165, 1.54) is 19.3 Å². The SMILES string of the molecule is CCOCCNC(=O)C(C)OCCCCCC(C)C. The average Bonchev–Trinajstić information content (AvgIpc) is 2.37. The highest BCUT2D eigenvalue weighted by Gasteiger charge is 2.11. The number of hydrogen-bond acceptors (Lipinski definition) is 3. The Hall–Kier alpha value is -0.610. The van der Waals surface area contributed by atoms with Crippen molar-refractivity contribution in [2.24, 2.45) is 5.92 Å². The molecule has 0 aliphatic rings. The van der Waals surface area contributed by atoms with E-state index in [0.717, 1.165) is 12.3 Å². The van der Waals surface area contributed by atoms with Gasteiger partial charge in [0.15, 0.2) is 0 Å². The summed E-state index contributed by atoms with van der Waals surface area (Å²) in [5, 5.41) is 2.80. The molecule has 0 aromatic rings. The molecule has 0 radical (unpaired) electrons. The Bertz CT molecular complexity index is 219. The Morgan fingerprint density at radius 1 is 1.11 bits per heavy atom. The molecule has 1 amide bonds. The van der Waals surface area contributed by atoms with Gasteiger partial charge in [-0.3, -0.25) is 4.79 Å². The molecule has 0 bridgehead atoms. The van der Waals surface area contributed by atoms with Crippen molar-refractivity contribution in [1.29, 1.82) is 0 Å². The molecule has 0 aromatic heterocycles. The fourth-order valence-electron chi connectivity index (χ4n) is 1.70. The first kappa shape index (κ1) is 18.4. The van der Waals surface area contributed by atoms with Crippen molar-refractivity contribution in [2.75, 3.05) is 26.4 Å². The van der Waals surface area contributed by atoms with Crippen molar-refractivity contribution in [1.82, 2.24) is 5.32 Å². The zero-order valence-corrected chi connectivity index (χ0v) is 13.0. The van der Waals surface area contributed by atoms with Crippen LogP contribution in [-0.4, -0.2) is 38.4 Å². The van der Waals surface area contributed by atoms with E-state index in [1.54, 1.807) is 6.92 Å². The summed E-state index contributed by atoms with van der Waals surface area (Å²) in [6.07, 6.45) is 4.36. The van der Waals surface area contributed by atoms with Crippen LogP contribution in [0.3, 0.4) is 0 Å². The summed E-state index contributed by atoms with van der Waals surface area (Å²) in [7, 11) is 0. The molecule has 0 aliphatic carbocycles. The van der Waals surface area contributed by atoms with Gasteiger partial charge in [0.2, 0.25) is 5.91 Å². The van der Waals surface area contributed by atoms with E-state index >= 15 is 0 Å². The third-order valence-electron chi connectivity index (χ3n) is 2.91. The third-order valence-corrected chi connectivity index (χ3v) is 2.91. The highest BCUT2D eigenvalue weighted by atomic mass is 16.5. The van der Waals surface area contributed by atoms with Gasteiger partial charge in [0, 0.05) is 19.8 Å². The van der Waals surface area contributed by atoms with Crippen molar-refractivity contribution in [3.63, 3.8) is 0 Å². The largest absolute Gasteiger partial charge is 0.380 e. The molecule has 4 nitrogen and oxygen atoms in total. The Kier molecular flexibility index (Phi) is 12.0. The van der Waals surface area contributed by atoms with Crippen LogP contribution < -0.4 is 5.32 Å². The number of nitrogens with one attached hydrogen (secondary N) is 1. The number of unbranched alkanes of at least 4 members (excludes halogenated alkanes) is 2. The lowest BCUT2D eigenvalue weighted by molar-refractivity contribution is -0.132. The van der Waals surface area contributed by atoms with E-state index in [-0.39, 0.29) is 12.0 Å². The lowest BCUT2D eigenvalue weighted by Gasteiger charge is -2.13. The van der Waals surface area contributed by atoms with Gasteiger partial charge in [0.1, 0.15) is 6.10 Å². The number of hydrogen-bond donors (Lipinski definition) is 1. The molecule has 0 aromatic carbocycles. The van der Waals surface area contributed by atoms with Crippen LogP contribution in [-0.2, 0) is 14.3 Å². The van der Waals surface area contributed by atoms with Crippen LogP contribution in [0.2, 0.25) is 0 Å². The summed E-state index contributed by atoms with van der Waals surface area (Å²) in [6.45, 7) is 10.7. The van der Waals surface area contributed by atoms with Gasteiger partial charge in [-0.2, -0.15) is 0 Å². The minimum Gasteiger partial charge on any atom is -0.380 e. The van der Waals surface area contributed by atoms with E-state index < -0.39 is 0 Å². The van der Waals surface area contributed by atoms with Crippen LogP contribution in [0, 0.1) is 5.92 Å². The minimum atomic E-state index is -0.369. The first-order valence-corrected chi connectivity index (χ1v) is 7.55. The molecular weight excluding hydrogens is 242 g/mol. The van der Waals surface area contributed by atoms with Gasteiger partial charge in [0.05, 0.1) is 6.61 Å². The maximum atomic E-state index is 11.6. The number of rotatable bonds is 12. The number of amides is 1. The summed E-state index contributed by atoms with van der Waals surface area (Å²) in [5.74, 6) is 0.720. The van der Waals surface area contributed by atoms with E-state index in [4.69, 9.17) is 9.47 Å². The highest BCUT2D eigenvalue weighted by Crippen LogP contribution is 2.08. The van der Waals surface area contributed by atoms with Crippen molar-refractivity contribution < 1.29 is 14.3 Å². The van der Waals surface area contributed by atoms with Crippen LogP contribution in [0.15, 0.2) is 0 Å². The first-order valence-electron chi connectivity index (χ1n) is 7.55. The van der Waals surface area contributed by atoms with Crippen LogP contribution in [0.25, 0.3) is 0 Å². The topological polar surface area (TPSA) is 47.6 Å². The molecule has 0 saturated heterocycles. The van der Waals surface area contributed by atoms with Gasteiger partial charge in [-0.05, 0) is 26.2 Å². The standard InChI is InChI=1S/C15H31NO3/c1-5-18-12-10-16-15(17)14(4)19-11-8-6-7-9-13(2)3/h13-14H,5-12H2,1-4H3,(H,16,17). The van der Waals surface area contributed by atoms with Gasteiger partial charge in [-0.1, -0.05) is 33.1 Å². The quantitative estimate of drug-likeness (QED) is 0.556. The fraction of sp³-hybridized carbons (Fsp3) is 0.933. The molecule has 0 spiro atoms. The van der Waals surface area contributed by atoms with Gasteiger partial charge >= 0.3 is 0 Å². The Balaban J connectivity index is 3.41. The molecule has 0 rings (SSSR count). The zero-order chi connectivity index (χ0) is 14.5. The van der Waals surface area contributed by atoms with Crippen LogP contribution in [0.1, 0.15) is 53.4 Å². The van der Waals surface area contributed by atoms with Gasteiger partial charge < -0.3 is 14.8 Å². The summed E-state index contributed by atoms with van der Waals surface area (Å²) < 4.78 is 10.7. The molecule has 1 unspecified atom stereocenters. The lowest BCUT2D eigenvalue weighted by Crippen LogP contribution is -2.36. The molecule has 19 heavy (non-hydrogen) atoms. The minimum absolute atomic E-state index is 0.0538. The smallest absolute Gasteiger partial charge is 0.248 e. The monoisotopic (exact) mass is 273 g/mol. The van der Waals surface area contributed by atoms with Gasteiger partial charge in [0.25, 0.3) is 0 Å². The molecule has 0 saturated carbocycles. The van der Waals surface area contributed by atoms with Crippen molar-refractivity contribution in [3.05, 3.63) is 0 Å². The molecule has 114 valence electrons. The summed E-state index contributed by atoms with van der Waals surface area (Å²) >= 11 is 0. The lowest BCUT2D eigenvalue weighted by atomic mass is 10.1. The second kappa shape index (κ2) is 12.4. The van der Waals surface area contributed by atoms with Crippen molar-refractivity contribution in [2.45, 2.75) is 59.5 Å². The van der Waals surface area contributed by atoms with Crippen molar-refractivity contribution in [3.8, 4) is 0 Å². The fourth-order valence-corrected chi connectivity index (χ4v) is 1.70. The molecular formula is C15H31NO3. The predicted molar refractivity (Wildman–Crippen MR) is 78.2 cm³/mol. The maximum Gasteiger partial charge on any atom is 0.248 e. The number of carbonyl (C=O) groups is 1. The van der Waals surface area contributed by atoms with Crippen molar-refractivity contribution >= 4 is 5.91 Å². The Labute approximate surface area is 118 Å². The zero-order valence-electron chi connectivity index (χ0n) is 13.0. The van der Waals surface area contributed by atoms with E-state index in [0.29, 0.717) is 26.4 Å². The van der Waals surface area contributed by atoms with Gasteiger partial charge in [-0.15, -0.1) is 0 Å². The number of ether oxygens (including phenoxy) is 2. The van der Waals surface area contributed by atoms with Crippen LogP contribution in [0.4, 0.5) is 0 Å². The Morgan fingerprint density at radius 3 is 2.47 bits per heavy atom. The third kappa shape index (κ3) is 12.2. The molecule has 0 heterocycles. The second-order valence-electron chi connectivity index (χ2n) is 5.24. The van der Waals surface area contributed by atoms with E-state index in [9.17, 15) is 4.79 Å². The second-order valence-corrected chi connectivity index (χ2v) is 5.24. The Morgan fingerprint density at radius 2 is 1.84 bits per heavy atom. The molecule has 0 aliphatic heterocycles. The molecule has 1 N–H and O–H groups in total. The predicted octanol–water partition coefficient (Wildman–Crippen LogP) is 2.76. The highest BCUT2D eigenvalue weighted by molar-refractivity contribution is 5.80.